The molecule has 1 aromatic heterocycles. The highest BCUT2D eigenvalue weighted by Gasteiger charge is 2.33. The van der Waals surface area contributed by atoms with Crippen LogP contribution in [0.1, 0.15) is 32.4 Å². The van der Waals surface area contributed by atoms with Crippen LogP contribution in [0.2, 0.25) is 0 Å². The summed E-state index contributed by atoms with van der Waals surface area (Å²) < 4.78 is 26.8. The van der Waals surface area contributed by atoms with Crippen molar-refractivity contribution < 1.29 is 8.42 Å². The number of rotatable bonds is 3. The molecule has 1 aliphatic rings. The highest BCUT2D eigenvalue weighted by atomic mass is 32.2. The Labute approximate surface area is 125 Å². The largest absolute Gasteiger partial charge is 0.388 e. The fourth-order valence-electron chi connectivity index (χ4n) is 2.56. The van der Waals surface area contributed by atoms with Gasteiger partial charge in [0.15, 0.2) is 0 Å². The zero-order valence-corrected chi connectivity index (χ0v) is 13.2. The summed E-state index contributed by atoms with van der Waals surface area (Å²) in [6.07, 6.45) is 3.11. The van der Waals surface area contributed by atoms with Crippen LogP contribution in [0.5, 0.6) is 0 Å². The summed E-state index contributed by atoms with van der Waals surface area (Å²) in [7, 11) is -3.49. The second kappa shape index (κ2) is 5.75. The van der Waals surface area contributed by atoms with Crippen LogP contribution in [0.3, 0.4) is 0 Å². The summed E-state index contributed by atoms with van der Waals surface area (Å²) in [4.78, 5) is 4.36. The van der Waals surface area contributed by atoms with Gasteiger partial charge in [-0.3, -0.25) is 4.98 Å². The molecule has 0 saturated carbocycles. The molecule has 1 saturated heterocycles. The van der Waals surface area contributed by atoms with Gasteiger partial charge in [-0.25, -0.2) is 8.42 Å². The van der Waals surface area contributed by atoms with Crippen molar-refractivity contribution in [3.8, 4) is 0 Å². The van der Waals surface area contributed by atoms with Gasteiger partial charge >= 0.3 is 0 Å². The van der Waals surface area contributed by atoms with Crippen LogP contribution < -0.4 is 5.73 Å². The molecule has 1 fully saturated rings. The maximum absolute atomic E-state index is 12.6. The van der Waals surface area contributed by atoms with E-state index in [4.69, 9.17) is 18.0 Å². The van der Waals surface area contributed by atoms with Crippen molar-refractivity contribution >= 4 is 27.2 Å². The number of aromatic nitrogens is 1. The van der Waals surface area contributed by atoms with Crippen LogP contribution in [0.15, 0.2) is 23.2 Å². The summed E-state index contributed by atoms with van der Waals surface area (Å²) in [6, 6.07) is 3.08. The van der Waals surface area contributed by atoms with Crippen LogP contribution in [-0.2, 0) is 10.0 Å². The van der Waals surface area contributed by atoms with Gasteiger partial charge in [0.05, 0.1) is 5.69 Å². The van der Waals surface area contributed by atoms with Crippen LogP contribution in [0.25, 0.3) is 0 Å². The molecule has 0 aliphatic carbocycles. The second-order valence-corrected chi connectivity index (χ2v) is 7.67. The first-order valence-electron chi connectivity index (χ1n) is 6.60. The number of hydrogen-bond donors (Lipinski definition) is 1. The normalized spacial score (nSPS) is 24.5. The number of thiocarbonyl (C=S) groups is 1. The number of nitrogens with two attached hydrogens (primary N) is 1. The van der Waals surface area contributed by atoms with Crippen molar-refractivity contribution in [1.29, 1.82) is 0 Å². The zero-order chi connectivity index (χ0) is 14.9. The summed E-state index contributed by atoms with van der Waals surface area (Å²) >= 11 is 4.81. The summed E-state index contributed by atoms with van der Waals surface area (Å²) in [6.45, 7) is 4.66. The van der Waals surface area contributed by atoms with E-state index in [0.29, 0.717) is 18.2 Å². The molecule has 0 aromatic carbocycles. The van der Waals surface area contributed by atoms with E-state index in [-0.39, 0.29) is 15.9 Å². The Morgan fingerprint density at radius 3 is 2.65 bits per heavy atom. The molecule has 7 heteroatoms. The van der Waals surface area contributed by atoms with Gasteiger partial charge in [0.2, 0.25) is 10.0 Å². The average molecular weight is 313 g/mol. The first-order chi connectivity index (χ1) is 9.32. The van der Waals surface area contributed by atoms with E-state index in [2.05, 4.69) is 11.9 Å². The van der Waals surface area contributed by atoms with Crippen LogP contribution in [0, 0.1) is 5.92 Å². The summed E-state index contributed by atoms with van der Waals surface area (Å²) in [5, 5.41) is 0. The van der Waals surface area contributed by atoms with E-state index in [9.17, 15) is 8.42 Å². The molecular formula is C13H19N3O2S2. The van der Waals surface area contributed by atoms with E-state index >= 15 is 0 Å². The van der Waals surface area contributed by atoms with Crippen molar-refractivity contribution in [3.05, 3.63) is 24.0 Å². The fourth-order valence-corrected chi connectivity index (χ4v) is 4.28. The van der Waals surface area contributed by atoms with E-state index in [1.807, 2.05) is 6.92 Å². The third-order valence-electron chi connectivity index (χ3n) is 3.67. The molecule has 1 aliphatic heterocycles. The summed E-state index contributed by atoms with van der Waals surface area (Å²) in [5.41, 5.74) is 5.89. The van der Waals surface area contributed by atoms with E-state index in [1.54, 1.807) is 10.4 Å². The Morgan fingerprint density at radius 2 is 2.15 bits per heavy atom. The molecule has 2 N–H and O–H groups in total. The lowest BCUT2D eigenvalue weighted by atomic mass is 9.95. The molecule has 0 bridgehead atoms. The number of pyridine rings is 1. The molecule has 20 heavy (non-hydrogen) atoms. The predicted octanol–water partition coefficient (Wildman–Crippen LogP) is 1.52. The topological polar surface area (TPSA) is 76.3 Å². The molecule has 5 nitrogen and oxygen atoms in total. The third kappa shape index (κ3) is 2.99. The van der Waals surface area contributed by atoms with Gasteiger partial charge < -0.3 is 5.73 Å². The lowest BCUT2D eigenvalue weighted by Gasteiger charge is -2.35. The maximum Gasteiger partial charge on any atom is 0.244 e. The van der Waals surface area contributed by atoms with Crippen molar-refractivity contribution in [2.24, 2.45) is 11.7 Å². The lowest BCUT2D eigenvalue weighted by Crippen LogP contribution is -2.44. The van der Waals surface area contributed by atoms with Gasteiger partial charge in [0.25, 0.3) is 0 Å². The molecule has 2 heterocycles. The molecule has 2 atom stereocenters. The average Bonchev–Trinajstić information content (AvgIpc) is 2.38. The first kappa shape index (κ1) is 15.3. The number of nitrogens with zero attached hydrogens (tertiary/aromatic N) is 2. The number of hydrogen-bond acceptors (Lipinski definition) is 4. The molecule has 110 valence electrons. The molecule has 2 unspecified atom stereocenters. The minimum Gasteiger partial charge on any atom is -0.388 e. The standard InChI is InChI=1S/C13H19N3O2S2/c1-9-5-6-16(10(2)7-9)20(17,18)11-3-4-12(13(14)19)15-8-11/h3-4,8-10H,5-7H2,1-2H3,(H2,14,19). The van der Waals surface area contributed by atoms with E-state index in [1.165, 1.54) is 12.3 Å². The summed E-state index contributed by atoms with van der Waals surface area (Å²) in [5.74, 6) is 0.562. The highest BCUT2D eigenvalue weighted by molar-refractivity contribution is 7.89. The van der Waals surface area contributed by atoms with Crippen LogP contribution >= 0.6 is 12.2 Å². The quantitative estimate of drug-likeness (QED) is 0.856. The van der Waals surface area contributed by atoms with Gasteiger partial charge in [-0.05, 0) is 37.8 Å². The minimum atomic E-state index is -3.49. The molecule has 0 amide bonds. The Morgan fingerprint density at radius 1 is 1.45 bits per heavy atom. The maximum atomic E-state index is 12.6. The minimum absolute atomic E-state index is 0.0130. The number of piperidine rings is 1. The smallest absolute Gasteiger partial charge is 0.244 e. The Kier molecular flexibility index (Phi) is 4.41. The van der Waals surface area contributed by atoms with Crippen molar-refractivity contribution in [3.63, 3.8) is 0 Å². The van der Waals surface area contributed by atoms with Gasteiger partial charge in [-0.2, -0.15) is 4.31 Å². The molecule has 2 rings (SSSR count). The Hall–Kier alpha value is -1.05. The van der Waals surface area contributed by atoms with Gasteiger partial charge in [0, 0.05) is 18.8 Å². The Bertz CT molecular complexity index is 599. The molecule has 0 spiro atoms. The Balaban J connectivity index is 2.28. The lowest BCUT2D eigenvalue weighted by molar-refractivity contribution is 0.220. The van der Waals surface area contributed by atoms with Gasteiger partial charge in [0.1, 0.15) is 9.88 Å². The van der Waals surface area contributed by atoms with Gasteiger partial charge in [-0.1, -0.05) is 19.1 Å². The van der Waals surface area contributed by atoms with Crippen LogP contribution in [0.4, 0.5) is 0 Å². The third-order valence-corrected chi connectivity index (χ3v) is 5.88. The SMILES string of the molecule is CC1CCN(S(=O)(=O)c2ccc(C(N)=S)nc2)C(C)C1. The zero-order valence-electron chi connectivity index (χ0n) is 11.6. The van der Waals surface area contributed by atoms with Crippen molar-refractivity contribution in [2.45, 2.75) is 37.6 Å². The molecular weight excluding hydrogens is 294 g/mol. The number of sulfonamides is 1. The van der Waals surface area contributed by atoms with E-state index < -0.39 is 10.0 Å². The molecule has 0 radical (unpaired) electrons. The highest BCUT2D eigenvalue weighted by Crippen LogP contribution is 2.27. The predicted molar refractivity (Wildman–Crippen MR) is 81.9 cm³/mol. The van der Waals surface area contributed by atoms with Crippen molar-refractivity contribution in [1.82, 2.24) is 9.29 Å². The first-order valence-corrected chi connectivity index (χ1v) is 8.45. The van der Waals surface area contributed by atoms with Crippen molar-refractivity contribution in [2.75, 3.05) is 6.54 Å². The second-order valence-electron chi connectivity index (χ2n) is 5.34. The molecule has 1 aromatic rings. The van der Waals surface area contributed by atoms with Crippen LogP contribution in [-0.4, -0.2) is 35.3 Å². The van der Waals surface area contributed by atoms with E-state index in [0.717, 1.165) is 12.8 Å². The fraction of sp³-hybridized carbons (Fsp3) is 0.538. The monoisotopic (exact) mass is 313 g/mol. The van der Waals surface area contributed by atoms with Gasteiger partial charge in [-0.15, -0.1) is 0 Å².